The van der Waals surface area contributed by atoms with Crippen molar-refractivity contribution in [2.75, 3.05) is 32.1 Å². The minimum atomic E-state index is -4.01. The number of aliphatic hydroxyl groups is 1. The molecule has 0 unspecified atom stereocenters. The summed E-state index contributed by atoms with van der Waals surface area (Å²) < 4.78 is 48.5. The van der Waals surface area contributed by atoms with E-state index in [0.717, 1.165) is 21.1 Å². The first kappa shape index (κ1) is 30.5. The second-order valence-electron chi connectivity index (χ2n) is 10.5. The van der Waals surface area contributed by atoms with Crippen molar-refractivity contribution >= 4 is 49.1 Å². The average Bonchev–Trinajstić information content (AvgIpc) is 3.44. The van der Waals surface area contributed by atoms with Gasteiger partial charge in [-0.3, -0.25) is 9.59 Å². The molecule has 5 rings (SSSR count). The number of hydrogen-bond donors (Lipinski definition) is 2. The number of anilines is 1. The standard InChI is InChI=1S/C30H31FN4O6S2/c1-18-15-35(19(2)17-36)30(38)22-7-6-9-24(32-28(37)29-33-23-8-4-5-10-26(23)42-29)27(22)41-25(18)16-34(3)43(39,40)21-13-11-20(31)12-14-21/h4-14,18-19,25,36H,15-17H2,1-3H3,(H,32,37)/t18-,19-,25-/m1/s1. The molecular formula is C30H31FN4O6S2. The second kappa shape index (κ2) is 12.4. The number of rotatable bonds is 8. The first-order valence-corrected chi connectivity index (χ1v) is 15.9. The lowest BCUT2D eigenvalue weighted by Crippen LogP contribution is -2.50. The van der Waals surface area contributed by atoms with Crippen LogP contribution in [-0.2, 0) is 10.0 Å². The molecule has 13 heteroatoms. The number of aromatic nitrogens is 1. The van der Waals surface area contributed by atoms with Crippen molar-refractivity contribution in [3.8, 4) is 5.75 Å². The van der Waals surface area contributed by atoms with E-state index in [0.29, 0.717) is 5.52 Å². The maximum Gasteiger partial charge on any atom is 0.284 e. The highest BCUT2D eigenvalue weighted by atomic mass is 32.2. The van der Waals surface area contributed by atoms with Crippen LogP contribution in [0.15, 0.2) is 71.6 Å². The van der Waals surface area contributed by atoms with E-state index in [2.05, 4.69) is 10.3 Å². The molecule has 43 heavy (non-hydrogen) atoms. The normalized spacial score (nSPS) is 18.1. The molecule has 1 aliphatic rings. The topological polar surface area (TPSA) is 129 Å². The summed E-state index contributed by atoms with van der Waals surface area (Å²) in [4.78, 5) is 32.9. The molecule has 3 atom stereocenters. The molecule has 10 nitrogen and oxygen atoms in total. The van der Waals surface area contributed by atoms with E-state index in [1.54, 1.807) is 25.1 Å². The van der Waals surface area contributed by atoms with Gasteiger partial charge in [-0.05, 0) is 55.5 Å². The molecule has 4 aromatic rings. The number of carbonyl (C=O) groups is 2. The maximum absolute atomic E-state index is 13.7. The fourth-order valence-corrected chi connectivity index (χ4v) is 6.89. The number of aliphatic hydroxyl groups excluding tert-OH is 1. The summed E-state index contributed by atoms with van der Waals surface area (Å²) in [5.41, 5.74) is 1.05. The van der Waals surface area contributed by atoms with Crippen LogP contribution in [0.5, 0.6) is 5.75 Å². The zero-order valence-corrected chi connectivity index (χ0v) is 25.4. The molecule has 1 aliphatic heterocycles. The van der Waals surface area contributed by atoms with Crippen LogP contribution in [0.4, 0.5) is 10.1 Å². The Hall–Kier alpha value is -3.91. The second-order valence-corrected chi connectivity index (χ2v) is 13.6. The highest BCUT2D eigenvalue weighted by molar-refractivity contribution is 7.89. The molecule has 0 saturated heterocycles. The SMILES string of the molecule is C[C@@H]1CN([C@H](C)CO)C(=O)c2cccc(NC(=O)c3nc4ccccc4s3)c2O[C@@H]1CN(C)S(=O)(=O)c1ccc(F)cc1. The smallest absolute Gasteiger partial charge is 0.284 e. The number of para-hydroxylation sites is 2. The molecule has 226 valence electrons. The van der Waals surface area contributed by atoms with Crippen LogP contribution in [0, 0.1) is 11.7 Å². The van der Waals surface area contributed by atoms with Gasteiger partial charge in [-0.1, -0.05) is 25.1 Å². The number of benzene rings is 3. The van der Waals surface area contributed by atoms with E-state index in [1.165, 1.54) is 35.4 Å². The van der Waals surface area contributed by atoms with Gasteiger partial charge >= 0.3 is 0 Å². The summed E-state index contributed by atoms with van der Waals surface area (Å²) in [5.74, 6) is -1.76. The predicted octanol–water partition coefficient (Wildman–Crippen LogP) is 4.23. The van der Waals surface area contributed by atoms with E-state index in [9.17, 15) is 27.5 Å². The van der Waals surface area contributed by atoms with Crippen molar-refractivity contribution in [3.63, 3.8) is 0 Å². The molecule has 2 N–H and O–H groups in total. The summed E-state index contributed by atoms with van der Waals surface area (Å²) >= 11 is 1.22. The van der Waals surface area contributed by atoms with Crippen molar-refractivity contribution in [1.29, 1.82) is 0 Å². The lowest BCUT2D eigenvalue weighted by Gasteiger charge is -2.38. The van der Waals surface area contributed by atoms with Crippen molar-refractivity contribution in [2.24, 2.45) is 5.92 Å². The Balaban J connectivity index is 1.51. The fraction of sp³-hybridized carbons (Fsp3) is 0.300. The highest BCUT2D eigenvalue weighted by Gasteiger charge is 2.36. The summed E-state index contributed by atoms with van der Waals surface area (Å²) in [6, 6.07) is 16.1. The van der Waals surface area contributed by atoms with Crippen LogP contribution in [0.1, 0.15) is 34.0 Å². The molecule has 3 aromatic carbocycles. The number of hydrogen-bond acceptors (Lipinski definition) is 8. The lowest BCUT2D eigenvalue weighted by atomic mass is 9.99. The summed E-state index contributed by atoms with van der Waals surface area (Å²) in [6.45, 7) is 3.31. The molecular weight excluding hydrogens is 595 g/mol. The largest absolute Gasteiger partial charge is 0.486 e. The van der Waals surface area contributed by atoms with Crippen LogP contribution >= 0.6 is 11.3 Å². The van der Waals surface area contributed by atoms with Crippen molar-refractivity contribution in [3.05, 3.63) is 83.1 Å². The van der Waals surface area contributed by atoms with Crippen LogP contribution in [0.25, 0.3) is 10.2 Å². The molecule has 2 heterocycles. The van der Waals surface area contributed by atoms with E-state index in [1.807, 2.05) is 31.2 Å². The molecule has 0 fully saturated rings. The van der Waals surface area contributed by atoms with Gasteiger partial charge in [0.05, 0.1) is 45.6 Å². The zero-order chi connectivity index (χ0) is 30.9. The van der Waals surface area contributed by atoms with Gasteiger partial charge in [-0.2, -0.15) is 4.31 Å². The Morgan fingerprint density at radius 3 is 2.60 bits per heavy atom. The first-order chi connectivity index (χ1) is 20.5. The molecule has 0 aliphatic carbocycles. The van der Waals surface area contributed by atoms with E-state index in [4.69, 9.17) is 4.74 Å². The molecule has 0 spiro atoms. The number of carbonyl (C=O) groups excluding carboxylic acids is 2. The van der Waals surface area contributed by atoms with E-state index < -0.39 is 45.7 Å². The highest BCUT2D eigenvalue weighted by Crippen LogP contribution is 2.36. The minimum Gasteiger partial charge on any atom is -0.486 e. The van der Waals surface area contributed by atoms with Gasteiger partial charge in [0.2, 0.25) is 10.0 Å². The van der Waals surface area contributed by atoms with Gasteiger partial charge in [-0.15, -0.1) is 11.3 Å². The number of ether oxygens (including phenoxy) is 1. The number of fused-ring (bicyclic) bond motifs is 2. The Kier molecular flexibility index (Phi) is 8.79. The summed E-state index contributed by atoms with van der Waals surface area (Å²) in [6.07, 6.45) is -0.777. The van der Waals surface area contributed by atoms with E-state index in [-0.39, 0.29) is 46.6 Å². The van der Waals surface area contributed by atoms with Gasteiger partial charge in [0.15, 0.2) is 10.8 Å². The monoisotopic (exact) mass is 626 g/mol. The van der Waals surface area contributed by atoms with Crippen molar-refractivity contribution in [1.82, 2.24) is 14.2 Å². The van der Waals surface area contributed by atoms with Gasteiger partial charge in [0.25, 0.3) is 11.8 Å². The molecule has 1 aromatic heterocycles. The van der Waals surface area contributed by atoms with Gasteiger partial charge < -0.3 is 20.1 Å². The van der Waals surface area contributed by atoms with Crippen LogP contribution < -0.4 is 10.1 Å². The number of sulfonamides is 1. The quantitative estimate of drug-likeness (QED) is 0.300. The van der Waals surface area contributed by atoms with E-state index >= 15 is 0 Å². The number of halogens is 1. The fourth-order valence-electron chi connectivity index (χ4n) is 4.84. The number of nitrogens with one attached hydrogen (secondary N) is 1. The summed E-state index contributed by atoms with van der Waals surface area (Å²) in [5, 5.41) is 13.0. The molecule has 0 radical (unpaired) electrons. The third kappa shape index (κ3) is 6.25. The predicted molar refractivity (Wildman–Crippen MR) is 161 cm³/mol. The third-order valence-electron chi connectivity index (χ3n) is 7.39. The zero-order valence-electron chi connectivity index (χ0n) is 23.7. The molecule has 0 bridgehead atoms. The number of nitrogens with zero attached hydrogens (tertiary/aromatic N) is 3. The number of amides is 2. The Morgan fingerprint density at radius 2 is 1.91 bits per heavy atom. The Bertz CT molecular complexity index is 1730. The van der Waals surface area contributed by atoms with Gasteiger partial charge in [0.1, 0.15) is 11.9 Å². The van der Waals surface area contributed by atoms with Crippen LogP contribution in [0.2, 0.25) is 0 Å². The molecule has 0 saturated carbocycles. The number of likely N-dealkylation sites (N-methyl/N-ethyl adjacent to an activating group) is 1. The number of thiazole rings is 1. The lowest BCUT2D eigenvalue weighted by molar-refractivity contribution is 0.0388. The third-order valence-corrected chi connectivity index (χ3v) is 10.3. The van der Waals surface area contributed by atoms with Gasteiger partial charge in [0, 0.05) is 19.5 Å². The average molecular weight is 627 g/mol. The van der Waals surface area contributed by atoms with Crippen molar-refractivity contribution < 1.29 is 32.2 Å². The van der Waals surface area contributed by atoms with Crippen LogP contribution in [0.3, 0.4) is 0 Å². The maximum atomic E-state index is 13.7. The molecule has 2 amide bonds. The first-order valence-electron chi connectivity index (χ1n) is 13.6. The Labute approximate surface area is 252 Å². The van der Waals surface area contributed by atoms with Gasteiger partial charge in [-0.25, -0.2) is 17.8 Å². The Morgan fingerprint density at radius 1 is 1.19 bits per heavy atom. The van der Waals surface area contributed by atoms with Crippen LogP contribution in [-0.4, -0.2) is 78.4 Å². The minimum absolute atomic E-state index is 0.0789. The van der Waals surface area contributed by atoms with Crippen molar-refractivity contribution in [2.45, 2.75) is 30.9 Å². The summed E-state index contributed by atoms with van der Waals surface area (Å²) in [7, 11) is -2.61.